The average molecular weight is 313 g/mol. The van der Waals surface area contributed by atoms with E-state index >= 15 is 0 Å². The second-order valence-electron chi connectivity index (χ2n) is 5.09. The molecule has 2 nitrogen and oxygen atoms in total. The lowest BCUT2D eigenvalue weighted by Crippen LogP contribution is -2.16. The van der Waals surface area contributed by atoms with Crippen LogP contribution < -0.4 is 4.74 Å². The summed E-state index contributed by atoms with van der Waals surface area (Å²) >= 11 is 3.46. The van der Waals surface area contributed by atoms with Crippen LogP contribution in [0.1, 0.15) is 57.1 Å². The number of benzene rings is 1. The molecule has 0 heterocycles. The zero-order valence-electron chi connectivity index (χ0n) is 10.9. The van der Waals surface area contributed by atoms with Gasteiger partial charge in [-0.3, -0.25) is 0 Å². The average Bonchev–Trinajstić information content (AvgIpc) is 2.57. The number of aliphatic hydroxyl groups excluding tert-OH is 1. The zero-order valence-corrected chi connectivity index (χ0v) is 12.4. The van der Waals surface area contributed by atoms with Gasteiger partial charge in [-0.25, -0.2) is 0 Å². The van der Waals surface area contributed by atoms with E-state index in [0.29, 0.717) is 6.10 Å². The topological polar surface area (TPSA) is 29.5 Å². The maximum absolute atomic E-state index is 9.79. The molecule has 1 N–H and O–H groups in total. The predicted molar refractivity (Wildman–Crippen MR) is 76.9 cm³/mol. The number of rotatable bonds is 3. The largest absolute Gasteiger partial charge is 0.490 e. The molecular weight excluding hydrogens is 292 g/mol. The van der Waals surface area contributed by atoms with E-state index in [-0.39, 0.29) is 0 Å². The summed E-state index contributed by atoms with van der Waals surface area (Å²) in [6.45, 7) is 1.78. The van der Waals surface area contributed by atoms with Crippen molar-refractivity contribution < 1.29 is 9.84 Å². The fraction of sp³-hybridized carbons (Fsp3) is 0.600. The van der Waals surface area contributed by atoms with Gasteiger partial charge in [0, 0.05) is 10.0 Å². The summed E-state index contributed by atoms with van der Waals surface area (Å²) in [6.07, 6.45) is 7.23. The molecule has 1 atom stereocenters. The highest BCUT2D eigenvalue weighted by atomic mass is 79.9. The van der Waals surface area contributed by atoms with Crippen molar-refractivity contribution in [2.75, 3.05) is 0 Å². The van der Waals surface area contributed by atoms with Gasteiger partial charge in [0.2, 0.25) is 0 Å². The van der Waals surface area contributed by atoms with E-state index in [2.05, 4.69) is 15.9 Å². The summed E-state index contributed by atoms with van der Waals surface area (Å²) in [5.74, 6) is 0.825. The van der Waals surface area contributed by atoms with Crippen molar-refractivity contribution in [1.82, 2.24) is 0 Å². The van der Waals surface area contributed by atoms with Crippen LogP contribution in [0, 0.1) is 0 Å². The molecule has 0 aliphatic heterocycles. The summed E-state index contributed by atoms with van der Waals surface area (Å²) < 4.78 is 7.11. The molecule has 100 valence electrons. The lowest BCUT2D eigenvalue weighted by molar-refractivity contribution is 0.161. The molecule has 18 heavy (non-hydrogen) atoms. The fourth-order valence-electron chi connectivity index (χ4n) is 2.49. The Bertz CT molecular complexity index is 382. The third-order valence-corrected chi connectivity index (χ3v) is 4.01. The first-order valence-electron chi connectivity index (χ1n) is 6.81. The van der Waals surface area contributed by atoms with Crippen LogP contribution in [0.4, 0.5) is 0 Å². The van der Waals surface area contributed by atoms with E-state index in [1.807, 2.05) is 18.2 Å². The van der Waals surface area contributed by atoms with Crippen LogP contribution in [0.2, 0.25) is 0 Å². The van der Waals surface area contributed by atoms with E-state index in [0.717, 1.165) is 28.6 Å². The van der Waals surface area contributed by atoms with Crippen LogP contribution in [0.25, 0.3) is 0 Å². The van der Waals surface area contributed by atoms with E-state index in [4.69, 9.17) is 4.74 Å². The lowest BCUT2D eigenvalue weighted by atomic mass is 10.1. The number of aliphatic hydroxyl groups is 1. The van der Waals surface area contributed by atoms with Crippen molar-refractivity contribution in [3.05, 3.63) is 28.2 Å². The monoisotopic (exact) mass is 312 g/mol. The standard InChI is InChI=1S/C15H21BrO2/c1-11(17)14-9-8-12(16)10-15(14)18-13-6-4-2-3-5-7-13/h8-11,13,17H,2-7H2,1H3/t11-/m0/s1. The molecule has 1 fully saturated rings. The summed E-state index contributed by atoms with van der Waals surface area (Å²) in [4.78, 5) is 0. The number of hydrogen-bond acceptors (Lipinski definition) is 2. The molecular formula is C15H21BrO2. The Kier molecular flexibility index (Phi) is 5.07. The number of halogens is 1. The first-order valence-corrected chi connectivity index (χ1v) is 7.60. The lowest BCUT2D eigenvalue weighted by Gasteiger charge is -2.20. The van der Waals surface area contributed by atoms with Crippen molar-refractivity contribution in [2.45, 2.75) is 57.7 Å². The normalized spacial score (nSPS) is 19.3. The molecule has 0 bridgehead atoms. The Labute approximate surface area is 117 Å². The summed E-state index contributed by atoms with van der Waals surface area (Å²) in [6, 6.07) is 5.84. The van der Waals surface area contributed by atoms with E-state index in [1.54, 1.807) is 6.92 Å². The summed E-state index contributed by atoms with van der Waals surface area (Å²) in [5, 5.41) is 9.79. The van der Waals surface area contributed by atoms with Gasteiger partial charge < -0.3 is 9.84 Å². The SMILES string of the molecule is C[C@H](O)c1ccc(Br)cc1OC1CCCCCC1. The molecule has 1 aromatic rings. The first kappa shape index (κ1) is 13.9. The minimum atomic E-state index is -0.487. The second kappa shape index (κ2) is 6.58. The van der Waals surface area contributed by atoms with Gasteiger partial charge in [0.25, 0.3) is 0 Å². The second-order valence-corrected chi connectivity index (χ2v) is 6.01. The third-order valence-electron chi connectivity index (χ3n) is 3.52. The Morgan fingerprint density at radius 1 is 1.22 bits per heavy atom. The Morgan fingerprint density at radius 2 is 1.89 bits per heavy atom. The highest BCUT2D eigenvalue weighted by Crippen LogP contribution is 2.31. The van der Waals surface area contributed by atoms with Crippen LogP contribution in [0.5, 0.6) is 5.75 Å². The Morgan fingerprint density at radius 3 is 2.50 bits per heavy atom. The van der Waals surface area contributed by atoms with Gasteiger partial charge in [-0.1, -0.05) is 34.8 Å². The Hall–Kier alpha value is -0.540. The molecule has 0 spiro atoms. The quantitative estimate of drug-likeness (QED) is 0.826. The predicted octanol–water partition coefficient (Wildman–Crippen LogP) is 4.60. The first-order chi connectivity index (χ1) is 8.66. The molecule has 0 amide bonds. The van der Waals surface area contributed by atoms with Crippen LogP contribution in [0.15, 0.2) is 22.7 Å². The van der Waals surface area contributed by atoms with Crippen molar-refractivity contribution >= 4 is 15.9 Å². The molecule has 0 aromatic heterocycles. The van der Waals surface area contributed by atoms with Gasteiger partial charge >= 0.3 is 0 Å². The molecule has 0 unspecified atom stereocenters. The Balaban J connectivity index is 2.13. The molecule has 1 aromatic carbocycles. The van der Waals surface area contributed by atoms with Crippen LogP contribution in [0.3, 0.4) is 0 Å². The molecule has 2 rings (SSSR count). The van der Waals surface area contributed by atoms with Crippen molar-refractivity contribution in [3.8, 4) is 5.75 Å². The van der Waals surface area contributed by atoms with Gasteiger partial charge in [0.1, 0.15) is 5.75 Å². The van der Waals surface area contributed by atoms with Crippen molar-refractivity contribution in [2.24, 2.45) is 0 Å². The van der Waals surface area contributed by atoms with Gasteiger partial charge in [0.05, 0.1) is 12.2 Å². The van der Waals surface area contributed by atoms with Crippen molar-refractivity contribution in [1.29, 1.82) is 0 Å². The smallest absolute Gasteiger partial charge is 0.126 e. The van der Waals surface area contributed by atoms with E-state index in [9.17, 15) is 5.11 Å². The molecule has 3 heteroatoms. The minimum Gasteiger partial charge on any atom is -0.490 e. The van der Waals surface area contributed by atoms with Gasteiger partial charge in [0.15, 0.2) is 0 Å². The molecule has 1 saturated carbocycles. The van der Waals surface area contributed by atoms with E-state index < -0.39 is 6.10 Å². The van der Waals surface area contributed by atoms with Gasteiger partial charge in [-0.15, -0.1) is 0 Å². The maximum Gasteiger partial charge on any atom is 0.126 e. The highest BCUT2D eigenvalue weighted by molar-refractivity contribution is 9.10. The van der Waals surface area contributed by atoms with Crippen LogP contribution in [-0.2, 0) is 0 Å². The molecule has 1 aliphatic carbocycles. The van der Waals surface area contributed by atoms with Gasteiger partial charge in [-0.2, -0.15) is 0 Å². The summed E-state index contributed by atoms with van der Waals surface area (Å²) in [7, 11) is 0. The maximum atomic E-state index is 9.79. The molecule has 1 aliphatic rings. The highest BCUT2D eigenvalue weighted by Gasteiger charge is 2.17. The zero-order chi connectivity index (χ0) is 13.0. The van der Waals surface area contributed by atoms with Crippen molar-refractivity contribution in [3.63, 3.8) is 0 Å². The minimum absolute atomic E-state index is 0.305. The summed E-state index contributed by atoms with van der Waals surface area (Å²) in [5.41, 5.74) is 0.877. The molecule has 0 saturated heterocycles. The van der Waals surface area contributed by atoms with Crippen LogP contribution >= 0.6 is 15.9 Å². The number of hydrogen-bond donors (Lipinski definition) is 1. The van der Waals surface area contributed by atoms with E-state index in [1.165, 1.54) is 25.7 Å². The van der Waals surface area contributed by atoms with Crippen LogP contribution in [-0.4, -0.2) is 11.2 Å². The third kappa shape index (κ3) is 3.72. The van der Waals surface area contributed by atoms with Gasteiger partial charge in [-0.05, 0) is 44.7 Å². The fourth-order valence-corrected chi connectivity index (χ4v) is 2.83. The number of ether oxygens (including phenoxy) is 1. The molecule has 0 radical (unpaired) electrons.